The Bertz CT molecular complexity index is 843. The van der Waals surface area contributed by atoms with E-state index < -0.39 is 0 Å². The van der Waals surface area contributed by atoms with E-state index in [-0.39, 0.29) is 18.9 Å². The lowest BCUT2D eigenvalue weighted by atomic mass is 10.0. The normalized spacial score (nSPS) is 18.2. The van der Waals surface area contributed by atoms with E-state index >= 15 is 0 Å². The molecule has 2 aromatic carbocycles. The van der Waals surface area contributed by atoms with Crippen LogP contribution >= 0.6 is 0 Å². The highest BCUT2D eigenvalue weighted by Gasteiger charge is 2.28. The second-order valence-corrected chi connectivity index (χ2v) is 8.06. The maximum atomic E-state index is 13.0. The van der Waals surface area contributed by atoms with Crippen LogP contribution in [-0.2, 0) is 13.1 Å². The monoisotopic (exact) mass is 409 g/mol. The highest BCUT2D eigenvalue weighted by molar-refractivity contribution is 5.74. The Balaban J connectivity index is 1.35. The van der Waals surface area contributed by atoms with Gasteiger partial charge >= 0.3 is 6.03 Å². The van der Waals surface area contributed by atoms with E-state index in [2.05, 4.69) is 47.5 Å². The Morgan fingerprint density at radius 1 is 1.13 bits per heavy atom. The third kappa shape index (κ3) is 5.05. The molecule has 6 nitrogen and oxygen atoms in total. The molecule has 6 heteroatoms. The van der Waals surface area contributed by atoms with Crippen molar-refractivity contribution in [2.45, 2.75) is 45.3 Å². The van der Waals surface area contributed by atoms with Gasteiger partial charge in [0.25, 0.3) is 0 Å². The van der Waals surface area contributed by atoms with Gasteiger partial charge in [-0.25, -0.2) is 4.79 Å². The van der Waals surface area contributed by atoms with Gasteiger partial charge in [-0.05, 0) is 49.1 Å². The van der Waals surface area contributed by atoms with Gasteiger partial charge in [-0.15, -0.1) is 0 Å². The first kappa shape index (κ1) is 20.5. The maximum absolute atomic E-state index is 13.0. The minimum absolute atomic E-state index is 0.0149. The number of piperidine rings is 1. The second kappa shape index (κ2) is 9.85. The third-order valence-corrected chi connectivity index (χ3v) is 5.78. The summed E-state index contributed by atoms with van der Waals surface area (Å²) in [6.45, 7) is 6.60. The summed E-state index contributed by atoms with van der Waals surface area (Å²) in [7, 11) is 0. The number of hydrogen-bond acceptors (Lipinski definition) is 4. The summed E-state index contributed by atoms with van der Waals surface area (Å²) in [4.78, 5) is 17.5. The van der Waals surface area contributed by atoms with Gasteiger partial charge in [0.05, 0.1) is 0 Å². The summed E-state index contributed by atoms with van der Waals surface area (Å²) in [5.74, 6) is 1.51. The van der Waals surface area contributed by atoms with Gasteiger partial charge in [-0.1, -0.05) is 43.3 Å². The lowest BCUT2D eigenvalue weighted by molar-refractivity contribution is 0.107. The Morgan fingerprint density at radius 3 is 2.80 bits per heavy atom. The van der Waals surface area contributed by atoms with Gasteiger partial charge in [0.15, 0.2) is 11.5 Å². The number of carbonyl (C=O) groups is 1. The smallest absolute Gasteiger partial charge is 0.317 e. The lowest BCUT2D eigenvalue weighted by Gasteiger charge is -2.39. The molecule has 1 N–H and O–H groups in total. The topological polar surface area (TPSA) is 54.0 Å². The number of urea groups is 1. The molecule has 160 valence electrons. The molecule has 0 aromatic heterocycles. The van der Waals surface area contributed by atoms with Crippen molar-refractivity contribution in [1.29, 1.82) is 0 Å². The maximum Gasteiger partial charge on any atom is 0.317 e. The molecule has 0 aliphatic carbocycles. The lowest BCUT2D eigenvalue weighted by Crippen LogP contribution is -2.53. The first-order valence-electron chi connectivity index (χ1n) is 10.9. The zero-order valence-electron chi connectivity index (χ0n) is 17.7. The molecule has 2 heterocycles. The number of nitrogens with zero attached hydrogens (tertiary/aromatic N) is 2. The molecule has 2 aliphatic heterocycles. The van der Waals surface area contributed by atoms with E-state index in [1.165, 1.54) is 5.56 Å². The molecule has 0 saturated carbocycles. The van der Waals surface area contributed by atoms with Crippen LogP contribution in [0.2, 0.25) is 0 Å². The molecular formula is C24H31N3O3. The first-order valence-corrected chi connectivity index (χ1v) is 10.9. The van der Waals surface area contributed by atoms with Gasteiger partial charge in [-0.3, -0.25) is 4.90 Å². The van der Waals surface area contributed by atoms with Crippen molar-refractivity contribution >= 4 is 6.03 Å². The van der Waals surface area contributed by atoms with E-state index in [1.807, 2.05) is 23.1 Å². The minimum atomic E-state index is 0.0149. The molecule has 2 aliphatic rings. The minimum Gasteiger partial charge on any atom is -0.454 e. The molecule has 0 unspecified atom stereocenters. The van der Waals surface area contributed by atoms with E-state index in [4.69, 9.17) is 9.47 Å². The summed E-state index contributed by atoms with van der Waals surface area (Å²) in [5.41, 5.74) is 2.34. The van der Waals surface area contributed by atoms with Gasteiger partial charge < -0.3 is 19.7 Å². The SMILES string of the molecule is CCCN(C(=O)NCc1ccc2c(c1)OCO2)[C@@H]1CCCN(Cc2ccccc2)C1. The predicted octanol–water partition coefficient (Wildman–Crippen LogP) is 4.00. The molecule has 0 spiro atoms. The summed E-state index contributed by atoms with van der Waals surface area (Å²) < 4.78 is 10.8. The number of rotatable bonds is 7. The van der Waals surface area contributed by atoms with Crippen molar-refractivity contribution in [1.82, 2.24) is 15.1 Å². The Labute approximate surface area is 178 Å². The fourth-order valence-corrected chi connectivity index (χ4v) is 4.29. The van der Waals surface area contributed by atoms with Crippen LogP contribution in [-0.4, -0.2) is 48.3 Å². The quantitative estimate of drug-likeness (QED) is 0.751. The van der Waals surface area contributed by atoms with E-state index in [1.54, 1.807) is 0 Å². The average Bonchev–Trinajstić information content (AvgIpc) is 3.25. The molecular weight excluding hydrogens is 378 g/mol. The number of nitrogens with one attached hydrogen (secondary N) is 1. The Morgan fingerprint density at radius 2 is 1.97 bits per heavy atom. The fraction of sp³-hybridized carbons (Fsp3) is 0.458. The van der Waals surface area contributed by atoms with Crippen LogP contribution in [0.5, 0.6) is 11.5 Å². The number of likely N-dealkylation sites (tertiary alicyclic amines) is 1. The van der Waals surface area contributed by atoms with E-state index in [9.17, 15) is 4.79 Å². The fourth-order valence-electron chi connectivity index (χ4n) is 4.29. The molecule has 2 amide bonds. The van der Waals surface area contributed by atoms with Gasteiger partial charge in [-0.2, -0.15) is 0 Å². The van der Waals surface area contributed by atoms with Crippen LogP contribution in [0.25, 0.3) is 0 Å². The van der Waals surface area contributed by atoms with Crippen LogP contribution in [0.4, 0.5) is 4.79 Å². The van der Waals surface area contributed by atoms with Gasteiger partial charge in [0, 0.05) is 32.2 Å². The summed E-state index contributed by atoms with van der Waals surface area (Å²) in [5, 5.41) is 3.11. The van der Waals surface area contributed by atoms with Gasteiger partial charge in [0.1, 0.15) is 0 Å². The number of fused-ring (bicyclic) bond motifs is 1. The summed E-state index contributed by atoms with van der Waals surface area (Å²) in [6.07, 6.45) is 3.13. The molecule has 0 bridgehead atoms. The van der Waals surface area contributed by atoms with Crippen molar-refractivity contribution in [2.75, 3.05) is 26.4 Å². The number of hydrogen-bond donors (Lipinski definition) is 1. The largest absolute Gasteiger partial charge is 0.454 e. The zero-order chi connectivity index (χ0) is 20.8. The predicted molar refractivity (Wildman–Crippen MR) is 117 cm³/mol. The molecule has 1 saturated heterocycles. The van der Waals surface area contributed by atoms with Crippen molar-refractivity contribution < 1.29 is 14.3 Å². The molecule has 30 heavy (non-hydrogen) atoms. The van der Waals surface area contributed by atoms with E-state index in [0.29, 0.717) is 6.54 Å². The number of amides is 2. The standard InChI is InChI=1S/C24H31N3O3/c1-2-12-27(21-9-6-13-26(17-21)16-19-7-4-3-5-8-19)24(28)25-15-20-10-11-22-23(14-20)30-18-29-22/h3-5,7-8,10-11,14,21H,2,6,9,12-13,15-18H2,1H3,(H,25,28)/t21-/m1/s1. The Kier molecular flexibility index (Phi) is 6.74. The van der Waals surface area contributed by atoms with Crippen LogP contribution < -0.4 is 14.8 Å². The van der Waals surface area contributed by atoms with Crippen LogP contribution in [0, 0.1) is 0 Å². The van der Waals surface area contributed by atoms with Crippen LogP contribution in [0.1, 0.15) is 37.3 Å². The van der Waals surface area contributed by atoms with Crippen molar-refractivity contribution in [2.24, 2.45) is 0 Å². The van der Waals surface area contributed by atoms with Crippen LogP contribution in [0.3, 0.4) is 0 Å². The van der Waals surface area contributed by atoms with Crippen LogP contribution in [0.15, 0.2) is 48.5 Å². The number of benzene rings is 2. The summed E-state index contributed by atoms with van der Waals surface area (Å²) >= 11 is 0. The molecule has 4 rings (SSSR count). The van der Waals surface area contributed by atoms with Crippen molar-refractivity contribution in [3.63, 3.8) is 0 Å². The van der Waals surface area contributed by atoms with E-state index in [0.717, 1.165) is 62.5 Å². The summed E-state index contributed by atoms with van der Waals surface area (Å²) in [6, 6.07) is 16.6. The van der Waals surface area contributed by atoms with Crippen molar-refractivity contribution in [3.05, 3.63) is 59.7 Å². The highest BCUT2D eigenvalue weighted by atomic mass is 16.7. The van der Waals surface area contributed by atoms with Gasteiger partial charge in [0.2, 0.25) is 6.79 Å². The molecule has 1 fully saturated rings. The second-order valence-electron chi connectivity index (χ2n) is 8.06. The van der Waals surface area contributed by atoms with Crippen molar-refractivity contribution in [3.8, 4) is 11.5 Å². The zero-order valence-corrected chi connectivity index (χ0v) is 17.7. The Hall–Kier alpha value is -2.73. The molecule has 2 aromatic rings. The first-order chi connectivity index (χ1) is 14.7. The average molecular weight is 410 g/mol. The molecule has 0 radical (unpaired) electrons. The number of carbonyl (C=O) groups excluding carboxylic acids is 1. The number of ether oxygens (including phenoxy) is 2. The third-order valence-electron chi connectivity index (χ3n) is 5.78. The highest BCUT2D eigenvalue weighted by Crippen LogP contribution is 2.32. The molecule has 1 atom stereocenters.